The zero-order valence-corrected chi connectivity index (χ0v) is 14.1. The lowest BCUT2D eigenvalue weighted by molar-refractivity contribution is -0.144. The van der Waals surface area contributed by atoms with Crippen molar-refractivity contribution in [1.29, 1.82) is 0 Å². The Hall–Kier alpha value is -2.21. The van der Waals surface area contributed by atoms with Crippen molar-refractivity contribution in [1.82, 2.24) is 5.32 Å². The summed E-state index contributed by atoms with van der Waals surface area (Å²) in [5, 5.41) is 2.76. The second-order valence-electron chi connectivity index (χ2n) is 5.21. The third-order valence-electron chi connectivity index (χ3n) is 3.32. The van der Waals surface area contributed by atoms with E-state index in [1.807, 2.05) is 0 Å². The van der Waals surface area contributed by atoms with E-state index in [1.54, 1.807) is 19.9 Å². The molecule has 0 radical (unpaired) electrons. The normalized spacial score (nSPS) is 13.0. The molecule has 5 nitrogen and oxygen atoms in total. The molecule has 0 aliphatic heterocycles. The Labute approximate surface area is 141 Å². The van der Waals surface area contributed by atoms with Crippen LogP contribution in [-0.2, 0) is 19.1 Å². The van der Waals surface area contributed by atoms with Crippen molar-refractivity contribution in [3.63, 3.8) is 0 Å². The van der Waals surface area contributed by atoms with Crippen LogP contribution in [0.4, 0.5) is 4.39 Å². The first-order valence-corrected chi connectivity index (χ1v) is 7.91. The summed E-state index contributed by atoms with van der Waals surface area (Å²) in [7, 11) is 0. The number of hydrogen-bond acceptors (Lipinski definition) is 4. The van der Waals surface area contributed by atoms with Crippen LogP contribution in [-0.4, -0.2) is 31.2 Å². The summed E-state index contributed by atoms with van der Waals surface area (Å²) in [5.41, 5.74) is 0.621. The monoisotopic (exact) mass is 337 g/mol. The van der Waals surface area contributed by atoms with Gasteiger partial charge in [-0.05, 0) is 38.0 Å². The van der Waals surface area contributed by atoms with E-state index >= 15 is 0 Å². The Bertz CT molecular complexity index is 544. The van der Waals surface area contributed by atoms with Crippen molar-refractivity contribution >= 4 is 11.9 Å². The third-order valence-corrected chi connectivity index (χ3v) is 3.32. The van der Waals surface area contributed by atoms with Gasteiger partial charge in [-0.2, -0.15) is 0 Å². The van der Waals surface area contributed by atoms with Crippen LogP contribution in [0.2, 0.25) is 0 Å². The van der Waals surface area contributed by atoms with Gasteiger partial charge in [0.05, 0.1) is 25.7 Å². The molecular weight excluding hydrogens is 313 g/mol. The van der Waals surface area contributed by atoms with Gasteiger partial charge in [0, 0.05) is 0 Å². The first kappa shape index (κ1) is 19.8. The molecule has 132 valence electrons. The van der Waals surface area contributed by atoms with Crippen LogP contribution in [0.25, 0.3) is 0 Å². The molecule has 0 fully saturated rings. The van der Waals surface area contributed by atoms with E-state index < -0.39 is 18.1 Å². The average Bonchev–Trinajstić information content (AvgIpc) is 2.55. The fraction of sp³-hybridized carbons (Fsp3) is 0.444. The molecular formula is C18H24FNO4. The number of nitrogens with one attached hydrogen (secondary N) is 1. The van der Waals surface area contributed by atoms with E-state index in [-0.39, 0.29) is 24.8 Å². The molecule has 1 N–H and O–H groups in total. The summed E-state index contributed by atoms with van der Waals surface area (Å²) in [5.74, 6) is -1.17. The van der Waals surface area contributed by atoms with Crippen molar-refractivity contribution in [3.8, 4) is 0 Å². The van der Waals surface area contributed by atoms with Crippen LogP contribution in [0.5, 0.6) is 0 Å². The standard InChI is InChI=1S/C18H24FNO4/c1-4-6-11-24-13(3)18(22)20-16(12-17(21)23-5-2)14-7-9-15(19)10-8-14/h4,7-10,13,16H,1,5-6,11-12H2,2-3H3,(H,20,22). The number of amides is 1. The second kappa shape index (κ2) is 10.5. The maximum absolute atomic E-state index is 13.1. The molecule has 0 bridgehead atoms. The van der Waals surface area contributed by atoms with Gasteiger partial charge >= 0.3 is 5.97 Å². The van der Waals surface area contributed by atoms with E-state index in [4.69, 9.17) is 9.47 Å². The molecule has 0 heterocycles. The molecule has 0 aromatic heterocycles. The summed E-state index contributed by atoms with van der Waals surface area (Å²) in [6.45, 7) is 7.56. The zero-order chi connectivity index (χ0) is 17.9. The number of carbonyl (C=O) groups excluding carboxylic acids is 2. The molecule has 1 aromatic carbocycles. The smallest absolute Gasteiger partial charge is 0.308 e. The molecule has 0 aliphatic carbocycles. The van der Waals surface area contributed by atoms with Gasteiger partial charge in [0.25, 0.3) is 0 Å². The minimum absolute atomic E-state index is 0.0371. The Morgan fingerprint density at radius 3 is 2.58 bits per heavy atom. The van der Waals surface area contributed by atoms with Crippen LogP contribution in [0, 0.1) is 5.82 Å². The zero-order valence-electron chi connectivity index (χ0n) is 14.1. The third kappa shape index (κ3) is 6.91. The summed E-state index contributed by atoms with van der Waals surface area (Å²) in [4.78, 5) is 24.0. The second-order valence-corrected chi connectivity index (χ2v) is 5.21. The van der Waals surface area contributed by atoms with E-state index in [0.717, 1.165) is 0 Å². The molecule has 0 saturated heterocycles. The van der Waals surface area contributed by atoms with Gasteiger partial charge in [0.1, 0.15) is 11.9 Å². The molecule has 0 spiro atoms. The number of halogens is 1. The Kier molecular flexibility index (Phi) is 8.71. The minimum atomic E-state index is -0.671. The number of ether oxygens (including phenoxy) is 2. The van der Waals surface area contributed by atoms with Gasteiger partial charge in [-0.25, -0.2) is 4.39 Å². The number of rotatable bonds is 10. The van der Waals surface area contributed by atoms with Crippen LogP contribution in [0.1, 0.15) is 38.3 Å². The highest BCUT2D eigenvalue weighted by atomic mass is 19.1. The summed E-state index contributed by atoms with van der Waals surface area (Å²) in [6, 6.07) is 5.02. The highest BCUT2D eigenvalue weighted by Gasteiger charge is 2.22. The molecule has 0 saturated carbocycles. The fourth-order valence-electron chi connectivity index (χ4n) is 2.03. The van der Waals surface area contributed by atoms with Gasteiger partial charge in [-0.1, -0.05) is 18.2 Å². The quantitative estimate of drug-likeness (QED) is 0.405. The molecule has 1 aromatic rings. The fourth-order valence-corrected chi connectivity index (χ4v) is 2.03. The highest BCUT2D eigenvalue weighted by molar-refractivity contribution is 5.81. The lowest BCUT2D eigenvalue weighted by Crippen LogP contribution is -2.38. The number of hydrogen-bond donors (Lipinski definition) is 1. The Morgan fingerprint density at radius 1 is 1.33 bits per heavy atom. The predicted octanol–water partition coefficient (Wildman–Crippen LogP) is 2.92. The molecule has 0 aliphatic rings. The summed E-state index contributed by atoms with van der Waals surface area (Å²) in [6.07, 6.45) is 1.63. The lowest BCUT2D eigenvalue weighted by Gasteiger charge is -2.21. The van der Waals surface area contributed by atoms with Gasteiger partial charge in [0.2, 0.25) is 5.91 Å². The van der Waals surface area contributed by atoms with Crippen LogP contribution in [0.15, 0.2) is 36.9 Å². The average molecular weight is 337 g/mol. The summed E-state index contributed by atoms with van der Waals surface area (Å²) >= 11 is 0. The van der Waals surface area contributed by atoms with E-state index in [2.05, 4.69) is 11.9 Å². The first-order chi connectivity index (χ1) is 11.5. The molecule has 2 atom stereocenters. The predicted molar refractivity (Wildman–Crippen MR) is 88.8 cm³/mol. The van der Waals surface area contributed by atoms with Crippen molar-refractivity contribution < 1.29 is 23.5 Å². The SMILES string of the molecule is C=CCCOC(C)C(=O)NC(CC(=O)OCC)c1ccc(F)cc1. The maximum atomic E-state index is 13.1. The van der Waals surface area contributed by atoms with E-state index in [9.17, 15) is 14.0 Å². The topological polar surface area (TPSA) is 64.6 Å². The van der Waals surface area contributed by atoms with Gasteiger partial charge < -0.3 is 14.8 Å². The van der Waals surface area contributed by atoms with Gasteiger partial charge in [-0.3, -0.25) is 9.59 Å². The van der Waals surface area contributed by atoms with Crippen molar-refractivity contribution in [2.75, 3.05) is 13.2 Å². The van der Waals surface area contributed by atoms with Crippen LogP contribution in [0.3, 0.4) is 0 Å². The number of benzene rings is 1. The number of esters is 1. The Balaban J connectivity index is 2.77. The summed E-state index contributed by atoms with van der Waals surface area (Å²) < 4.78 is 23.4. The first-order valence-electron chi connectivity index (χ1n) is 7.91. The van der Waals surface area contributed by atoms with Crippen LogP contribution < -0.4 is 5.32 Å². The van der Waals surface area contributed by atoms with Crippen molar-refractivity contribution in [2.24, 2.45) is 0 Å². The molecule has 6 heteroatoms. The van der Waals surface area contributed by atoms with Crippen molar-refractivity contribution in [2.45, 2.75) is 38.8 Å². The van der Waals surface area contributed by atoms with Gasteiger partial charge in [-0.15, -0.1) is 6.58 Å². The van der Waals surface area contributed by atoms with Crippen molar-refractivity contribution in [3.05, 3.63) is 48.3 Å². The largest absolute Gasteiger partial charge is 0.466 e. The number of carbonyl (C=O) groups is 2. The van der Waals surface area contributed by atoms with Crippen LogP contribution >= 0.6 is 0 Å². The van der Waals surface area contributed by atoms with Gasteiger partial charge in [0.15, 0.2) is 0 Å². The maximum Gasteiger partial charge on any atom is 0.308 e. The minimum Gasteiger partial charge on any atom is -0.466 e. The Morgan fingerprint density at radius 2 is 2.00 bits per heavy atom. The highest BCUT2D eigenvalue weighted by Crippen LogP contribution is 2.18. The molecule has 24 heavy (non-hydrogen) atoms. The molecule has 1 amide bonds. The molecule has 2 unspecified atom stereocenters. The lowest BCUT2D eigenvalue weighted by atomic mass is 10.0. The van der Waals surface area contributed by atoms with E-state index in [1.165, 1.54) is 24.3 Å². The molecule has 1 rings (SSSR count). The van der Waals surface area contributed by atoms with E-state index in [0.29, 0.717) is 18.6 Å².